The number of carboxylic acids is 1. The Morgan fingerprint density at radius 2 is 1.41 bits per heavy atom. The summed E-state index contributed by atoms with van der Waals surface area (Å²) in [6, 6.07) is 15.4. The fourth-order valence-electron chi connectivity index (χ4n) is 3.18. The van der Waals surface area contributed by atoms with Gasteiger partial charge in [-0.3, -0.25) is 14.9 Å². The van der Waals surface area contributed by atoms with E-state index >= 15 is 0 Å². The van der Waals surface area contributed by atoms with Gasteiger partial charge in [0.15, 0.2) is 0 Å². The van der Waals surface area contributed by atoms with Crippen molar-refractivity contribution in [3.63, 3.8) is 0 Å². The molecular formula is C24H24N2O8. The monoisotopic (exact) mass is 468 g/mol. The van der Waals surface area contributed by atoms with Gasteiger partial charge >= 0.3 is 5.97 Å². The highest BCUT2D eigenvalue weighted by Crippen LogP contribution is 2.19. The first-order valence-electron chi connectivity index (χ1n) is 10.2. The number of aromatic carboxylic acids is 1. The maximum absolute atomic E-state index is 12.4. The van der Waals surface area contributed by atoms with Crippen molar-refractivity contribution in [1.82, 2.24) is 10.8 Å². The predicted molar refractivity (Wildman–Crippen MR) is 120 cm³/mol. The zero-order valence-corrected chi connectivity index (χ0v) is 18.0. The van der Waals surface area contributed by atoms with Crippen molar-refractivity contribution >= 4 is 11.9 Å². The van der Waals surface area contributed by atoms with E-state index in [-0.39, 0.29) is 42.4 Å². The van der Waals surface area contributed by atoms with Crippen LogP contribution in [0.4, 0.5) is 0 Å². The Bertz CT molecular complexity index is 1150. The van der Waals surface area contributed by atoms with E-state index < -0.39 is 11.9 Å². The number of carboxylic acid groups (broad SMARTS) is 1. The third-order valence-electron chi connectivity index (χ3n) is 4.97. The highest BCUT2D eigenvalue weighted by molar-refractivity contribution is 6.05. The number of hydroxylamine groups is 1. The molecule has 0 fully saturated rings. The van der Waals surface area contributed by atoms with E-state index in [1.54, 1.807) is 6.07 Å². The second kappa shape index (κ2) is 11.8. The van der Waals surface area contributed by atoms with Crippen LogP contribution in [0.1, 0.15) is 43.0 Å². The second-order valence-electron chi connectivity index (χ2n) is 7.37. The standard InChI is InChI=1S/C24H24N2O8/c27-19-6-5-17(14-34-32)18(9-19)13-33-26-12-16-3-1-15(2-4-16)11-25-23(29)22-10-20(28)7-8-21(22)24(30)31/h1-10,26-28,32H,11-14H2,(H,25,29)(H,30,31). The molecule has 0 unspecified atom stereocenters. The Balaban J connectivity index is 1.49. The van der Waals surface area contributed by atoms with E-state index in [1.165, 1.54) is 24.3 Å². The maximum atomic E-state index is 12.4. The minimum atomic E-state index is -1.26. The summed E-state index contributed by atoms with van der Waals surface area (Å²) in [5.74, 6) is -1.99. The minimum Gasteiger partial charge on any atom is -0.508 e. The van der Waals surface area contributed by atoms with Crippen LogP contribution in [0.3, 0.4) is 0 Å². The summed E-state index contributed by atoms with van der Waals surface area (Å²) >= 11 is 0. The van der Waals surface area contributed by atoms with Gasteiger partial charge in [-0.15, -0.1) is 0 Å². The average Bonchev–Trinajstić information content (AvgIpc) is 2.82. The normalized spacial score (nSPS) is 10.7. The molecule has 0 aliphatic heterocycles. The molecule has 34 heavy (non-hydrogen) atoms. The van der Waals surface area contributed by atoms with Gasteiger partial charge in [-0.1, -0.05) is 30.3 Å². The molecule has 10 heteroatoms. The van der Waals surface area contributed by atoms with E-state index in [4.69, 9.17) is 10.1 Å². The van der Waals surface area contributed by atoms with Crippen molar-refractivity contribution < 1.29 is 39.9 Å². The number of rotatable bonds is 11. The number of benzene rings is 3. The van der Waals surface area contributed by atoms with E-state index in [2.05, 4.69) is 15.7 Å². The summed E-state index contributed by atoms with van der Waals surface area (Å²) in [5, 5.41) is 39.7. The van der Waals surface area contributed by atoms with Gasteiger partial charge in [-0.25, -0.2) is 9.68 Å². The summed E-state index contributed by atoms with van der Waals surface area (Å²) in [4.78, 5) is 33.3. The summed E-state index contributed by atoms with van der Waals surface area (Å²) in [6.45, 7) is 0.679. The van der Waals surface area contributed by atoms with Gasteiger partial charge < -0.3 is 20.6 Å². The topological polar surface area (TPSA) is 158 Å². The van der Waals surface area contributed by atoms with Crippen LogP contribution >= 0.6 is 0 Å². The van der Waals surface area contributed by atoms with Crippen molar-refractivity contribution in [1.29, 1.82) is 0 Å². The third kappa shape index (κ3) is 6.77. The van der Waals surface area contributed by atoms with Crippen molar-refractivity contribution in [2.45, 2.75) is 26.3 Å². The zero-order valence-electron chi connectivity index (χ0n) is 18.0. The first-order valence-corrected chi connectivity index (χ1v) is 10.2. The molecule has 6 N–H and O–H groups in total. The minimum absolute atomic E-state index is 0.0277. The molecule has 0 aromatic heterocycles. The molecule has 0 saturated heterocycles. The number of hydrogen-bond donors (Lipinski definition) is 6. The number of carbonyl (C=O) groups excluding carboxylic acids is 1. The Morgan fingerprint density at radius 1 is 0.765 bits per heavy atom. The third-order valence-corrected chi connectivity index (χ3v) is 4.97. The van der Waals surface area contributed by atoms with Crippen LogP contribution in [-0.2, 0) is 36.0 Å². The van der Waals surface area contributed by atoms with Crippen LogP contribution in [0, 0.1) is 0 Å². The Hall–Kier alpha value is -3.96. The van der Waals surface area contributed by atoms with E-state index in [9.17, 15) is 24.9 Å². The van der Waals surface area contributed by atoms with Crippen molar-refractivity contribution in [2.24, 2.45) is 0 Å². The van der Waals surface area contributed by atoms with Gasteiger partial charge in [0.25, 0.3) is 5.91 Å². The maximum Gasteiger partial charge on any atom is 0.336 e. The highest BCUT2D eigenvalue weighted by atomic mass is 17.1. The molecule has 0 heterocycles. The van der Waals surface area contributed by atoms with Gasteiger partial charge in [0.1, 0.15) is 18.1 Å². The second-order valence-corrected chi connectivity index (χ2v) is 7.37. The largest absolute Gasteiger partial charge is 0.508 e. The van der Waals surface area contributed by atoms with Crippen LogP contribution in [0.2, 0.25) is 0 Å². The summed E-state index contributed by atoms with van der Waals surface area (Å²) < 4.78 is 0. The average molecular weight is 468 g/mol. The first-order chi connectivity index (χ1) is 16.4. The molecule has 1 amide bonds. The summed E-state index contributed by atoms with van der Waals surface area (Å²) in [7, 11) is 0. The molecule has 0 saturated carbocycles. The number of phenols is 2. The molecule has 0 aliphatic carbocycles. The molecular weight excluding hydrogens is 444 g/mol. The molecule has 3 aromatic carbocycles. The SMILES string of the molecule is O=C(O)c1ccc(O)cc1C(=O)NCc1ccc(CNOCc2cc(O)ccc2COO)cc1. The molecule has 0 atom stereocenters. The summed E-state index contributed by atoms with van der Waals surface area (Å²) in [5.41, 5.74) is 5.54. The van der Waals surface area contributed by atoms with E-state index in [0.717, 1.165) is 17.2 Å². The van der Waals surface area contributed by atoms with Crippen molar-refractivity contribution in [2.75, 3.05) is 0 Å². The van der Waals surface area contributed by atoms with Gasteiger partial charge in [0.2, 0.25) is 0 Å². The van der Waals surface area contributed by atoms with Gasteiger partial charge in [0.05, 0.1) is 17.7 Å². The molecule has 178 valence electrons. The smallest absolute Gasteiger partial charge is 0.336 e. The van der Waals surface area contributed by atoms with Crippen LogP contribution in [0.5, 0.6) is 11.5 Å². The fourth-order valence-corrected chi connectivity index (χ4v) is 3.18. The molecule has 0 spiro atoms. The number of phenolic OH excluding ortho intramolecular Hbond substituents is 2. The lowest BCUT2D eigenvalue weighted by Crippen LogP contribution is -2.25. The quantitative estimate of drug-likeness (QED) is 0.141. The van der Waals surface area contributed by atoms with Crippen LogP contribution in [0.15, 0.2) is 60.7 Å². The predicted octanol–water partition coefficient (Wildman–Crippen LogP) is 2.94. The van der Waals surface area contributed by atoms with E-state index in [1.807, 2.05) is 24.3 Å². The van der Waals surface area contributed by atoms with E-state index in [0.29, 0.717) is 17.7 Å². The lowest BCUT2D eigenvalue weighted by atomic mass is 10.1. The lowest BCUT2D eigenvalue weighted by Gasteiger charge is -2.11. The Labute approximate surface area is 194 Å². The fraction of sp³-hybridized carbons (Fsp3) is 0.167. The number of aromatic hydroxyl groups is 2. The lowest BCUT2D eigenvalue weighted by molar-refractivity contribution is -0.253. The molecule has 3 rings (SSSR count). The van der Waals surface area contributed by atoms with Gasteiger partial charge in [-0.2, -0.15) is 5.48 Å². The number of nitrogens with one attached hydrogen (secondary N) is 2. The van der Waals surface area contributed by atoms with Crippen LogP contribution < -0.4 is 10.8 Å². The Morgan fingerprint density at radius 3 is 2.09 bits per heavy atom. The number of carbonyl (C=O) groups is 2. The van der Waals surface area contributed by atoms with Crippen molar-refractivity contribution in [3.05, 3.63) is 94.0 Å². The van der Waals surface area contributed by atoms with Crippen LogP contribution in [0.25, 0.3) is 0 Å². The van der Waals surface area contributed by atoms with Gasteiger partial charge in [0, 0.05) is 13.1 Å². The molecule has 0 bridgehead atoms. The molecule has 0 aliphatic rings. The molecule has 10 nitrogen and oxygen atoms in total. The first kappa shape index (κ1) is 24.7. The summed E-state index contributed by atoms with van der Waals surface area (Å²) in [6.07, 6.45) is 0. The highest BCUT2D eigenvalue weighted by Gasteiger charge is 2.17. The number of hydrogen-bond acceptors (Lipinski definition) is 8. The van der Waals surface area contributed by atoms with Crippen LogP contribution in [-0.4, -0.2) is 32.5 Å². The van der Waals surface area contributed by atoms with Gasteiger partial charge in [-0.05, 0) is 52.6 Å². The molecule has 0 radical (unpaired) electrons. The Kier molecular flexibility index (Phi) is 8.54. The number of amides is 1. The van der Waals surface area contributed by atoms with Crippen molar-refractivity contribution in [3.8, 4) is 11.5 Å². The zero-order chi connectivity index (χ0) is 24.5. The molecule has 3 aromatic rings.